The van der Waals surface area contributed by atoms with E-state index in [4.69, 9.17) is 30.7 Å². The van der Waals surface area contributed by atoms with E-state index in [-0.39, 0.29) is 29.7 Å². The van der Waals surface area contributed by atoms with E-state index in [1.54, 1.807) is 129 Å². The summed E-state index contributed by atoms with van der Waals surface area (Å²) >= 11 is 0. The maximum absolute atomic E-state index is 13.4. The largest absolute Gasteiger partial charge is 0.497 e. The van der Waals surface area contributed by atoms with Gasteiger partial charge in [0.25, 0.3) is 14.4 Å². The fraction of sp³-hybridized carbons (Fsp3) is 0.340. The second kappa shape index (κ2) is 20.4. The Bertz CT molecular complexity index is 2830. The van der Waals surface area contributed by atoms with Crippen LogP contribution in [0.4, 0.5) is 5.82 Å². The van der Waals surface area contributed by atoms with Crippen LogP contribution in [-0.2, 0) is 24.1 Å². The Morgan fingerprint density at radius 2 is 1.55 bits per heavy atom. The van der Waals surface area contributed by atoms with Gasteiger partial charge in [0, 0.05) is 26.8 Å². The van der Waals surface area contributed by atoms with Crippen molar-refractivity contribution in [3.05, 3.63) is 144 Å². The van der Waals surface area contributed by atoms with Gasteiger partial charge in [0.05, 0.1) is 59.1 Å². The zero-order valence-corrected chi connectivity index (χ0v) is 35.8. The highest BCUT2D eigenvalue weighted by molar-refractivity contribution is 7.44. The number of benzene rings is 4. The number of ether oxygens (including phenoxy) is 4. The first-order chi connectivity index (χ1) is 33.5. The number of nitriles is 1. The van der Waals surface area contributed by atoms with Crippen LogP contribution in [0.5, 0.6) is 11.5 Å². The minimum absolute atomic E-state index is 0.177. The predicted octanol–water partition coefficient (Wildman–Crippen LogP) is 9.05. The Balaban J connectivity index is 1.51. The van der Waals surface area contributed by atoms with E-state index in [0.717, 1.165) is 0 Å². The number of amides is 1. The quantitative estimate of drug-likeness (QED) is 0.0469. The van der Waals surface area contributed by atoms with Gasteiger partial charge < -0.3 is 33.3 Å². The molecule has 15 heteroatoms. The van der Waals surface area contributed by atoms with E-state index in [0.29, 0.717) is 21.6 Å². The highest BCUT2D eigenvalue weighted by Gasteiger charge is 2.45. The summed E-state index contributed by atoms with van der Waals surface area (Å²) in [5.74, 6) is -0.242. The highest BCUT2D eigenvalue weighted by atomic mass is 31.2. The number of carbonyl (C=O) groups excluding carboxylic acids is 1. The summed E-state index contributed by atoms with van der Waals surface area (Å²) < 4.78 is 127. The Morgan fingerprint density at radius 1 is 0.952 bits per heavy atom. The zero-order chi connectivity index (χ0) is 51.7. The molecule has 0 spiro atoms. The Labute approximate surface area is 376 Å². The van der Waals surface area contributed by atoms with E-state index in [9.17, 15) is 19.7 Å². The number of carbonyl (C=O) groups is 1. The predicted molar refractivity (Wildman–Crippen MR) is 237 cm³/mol. The van der Waals surface area contributed by atoms with Crippen LogP contribution in [0.15, 0.2) is 122 Å². The molecular weight excluding hydrogens is 806 g/mol. The average molecular weight is 867 g/mol. The van der Waals surface area contributed by atoms with Gasteiger partial charge in [0.2, 0.25) is 0 Å². The number of fused-ring (bicyclic) bond motifs is 1. The molecule has 2 aromatic heterocycles. The van der Waals surface area contributed by atoms with E-state index < -0.39 is 93.0 Å². The van der Waals surface area contributed by atoms with Gasteiger partial charge in [0.15, 0.2) is 17.0 Å². The number of methoxy groups -OCH3 is 2. The van der Waals surface area contributed by atoms with Gasteiger partial charge in [-0.25, -0.2) is 19.6 Å². The molecule has 1 aliphatic heterocycles. The number of imidazole rings is 1. The molecular formula is C47H52N7O7P. The Morgan fingerprint density at radius 3 is 2.13 bits per heavy atom. The molecule has 1 aliphatic rings. The molecule has 7 rings (SSSR count). The fourth-order valence-electron chi connectivity index (χ4n) is 6.78. The Hall–Kier alpha value is -5.78. The highest BCUT2D eigenvalue weighted by Crippen LogP contribution is 2.51. The molecule has 0 saturated carbocycles. The third-order valence-corrected chi connectivity index (χ3v) is 11.7. The molecule has 0 aliphatic carbocycles. The lowest BCUT2D eigenvalue weighted by molar-refractivity contribution is -0.0912. The van der Waals surface area contributed by atoms with Gasteiger partial charge >= 0.3 is 0 Å². The minimum Gasteiger partial charge on any atom is -0.497 e. The van der Waals surface area contributed by atoms with Crippen molar-refractivity contribution >= 4 is 31.4 Å². The van der Waals surface area contributed by atoms with Crippen LogP contribution in [0, 0.1) is 11.3 Å². The van der Waals surface area contributed by atoms with Crippen molar-refractivity contribution in [2.24, 2.45) is 0 Å². The summed E-state index contributed by atoms with van der Waals surface area (Å²) in [6.07, 6.45) is -16.9. The van der Waals surface area contributed by atoms with Crippen LogP contribution in [0.2, 0.25) is 0 Å². The number of aromatic nitrogens is 4. The van der Waals surface area contributed by atoms with Crippen molar-refractivity contribution in [2.45, 2.75) is 76.5 Å². The van der Waals surface area contributed by atoms with Gasteiger partial charge in [-0.2, -0.15) is 5.26 Å². The van der Waals surface area contributed by atoms with Crippen molar-refractivity contribution in [1.82, 2.24) is 24.2 Å². The fourth-order valence-corrected chi connectivity index (χ4v) is 8.35. The van der Waals surface area contributed by atoms with Crippen molar-refractivity contribution in [2.75, 3.05) is 32.7 Å². The Kier molecular flexibility index (Phi) is 11.1. The lowest BCUT2D eigenvalue weighted by atomic mass is 9.80. The second-order valence-corrected chi connectivity index (χ2v) is 15.6. The number of nitrogens with one attached hydrogen (secondary N) is 1. The number of nitrogens with zero attached hydrogens (tertiary/aromatic N) is 6. The van der Waals surface area contributed by atoms with Crippen molar-refractivity contribution in [3.63, 3.8) is 0 Å². The second-order valence-electron chi connectivity index (χ2n) is 14.2. The van der Waals surface area contributed by atoms with E-state index in [2.05, 4.69) is 20.3 Å². The minimum atomic E-state index is -3.84. The molecule has 3 heterocycles. The van der Waals surface area contributed by atoms with Gasteiger partial charge in [0.1, 0.15) is 38.4 Å². The maximum Gasteiger partial charge on any atom is 0.259 e. The van der Waals surface area contributed by atoms with Crippen molar-refractivity contribution in [3.8, 4) is 17.6 Å². The summed E-state index contributed by atoms with van der Waals surface area (Å²) in [6, 6.07) is 30.3. The molecule has 2 unspecified atom stereocenters. The van der Waals surface area contributed by atoms with E-state index in [1.165, 1.54) is 26.4 Å². The first-order valence-electron chi connectivity index (χ1n) is 24.2. The monoisotopic (exact) mass is 866 g/mol. The number of hydrogen-bond donors (Lipinski definition) is 1. The van der Waals surface area contributed by atoms with Gasteiger partial charge in [-0.15, -0.1) is 0 Å². The SMILES string of the molecule is [2H]c1nc(NC(=O)c2ccccc2)c2nc([2H])n([C@]3([2H])O[C@]([2H])(C([2H])([2H])OC(c4ccccc4)(c4ccc(OC)cc4)c4ccc(OC)cc4)C([2H])(OP(OCCC#N)N(C(C)C)C(C)C)C3([2H])[2H])c2n1. The van der Waals surface area contributed by atoms with Crippen LogP contribution >= 0.6 is 8.53 Å². The molecule has 322 valence electrons. The molecule has 1 saturated heterocycles. The first kappa shape index (κ1) is 33.8. The van der Waals surface area contributed by atoms with Crippen LogP contribution in [0.1, 0.15) is 86.1 Å². The van der Waals surface area contributed by atoms with Crippen LogP contribution in [0.3, 0.4) is 0 Å². The summed E-state index contributed by atoms with van der Waals surface area (Å²) in [5.41, 5.74) is -2.12. The molecule has 14 nitrogen and oxygen atoms in total. The molecule has 0 radical (unpaired) electrons. The van der Waals surface area contributed by atoms with Crippen molar-refractivity contribution in [1.29, 1.82) is 5.26 Å². The summed E-state index contributed by atoms with van der Waals surface area (Å²) in [4.78, 5) is 25.7. The molecule has 1 fully saturated rings. The van der Waals surface area contributed by atoms with Gasteiger partial charge in [-0.3, -0.25) is 9.36 Å². The van der Waals surface area contributed by atoms with Crippen LogP contribution in [-0.4, -0.2) is 81.7 Å². The molecule has 1 amide bonds. The summed E-state index contributed by atoms with van der Waals surface area (Å²) in [6.45, 7) is 3.00. The number of hydrogen-bond acceptors (Lipinski definition) is 12. The summed E-state index contributed by atoms with van der Waals surface area (Å²) in [5, 5.41) is 12.1. The molecule has 4 atom stereocenters. The zero-order valence-electron chi connectivity index (χ0n) is 43.9. The third-order valence-electron chi connectivity index (χ3n) is 9.63. The lowest BCUT2D eigenvalue weighted by Crippen LogP contribution is -2.39. The van der Waals surface area contributed by atoms with Crippen molar-refractivity contribution < 1.29 is 45.1 Å². The summed E-state index contributed by atoms with van der Waals surface area (Å²) in [7, 11) is 0.187. The molecule has 1 N–H and O–H groups in total. The number of rotatable bonds is 19. The molecule has 4 aromatic carbocycles. The topological polar surface area (TPSA) is 155 Å². The standard InChI is InChI=1S/C47H52N7O7P/c1-32(2)54(33(3)4)62(59-27-13-26-48)61-40-28-42(53-31-51-43-44(49-30-50-45(43)53)52-46(55)34-14-9-7-10-15-34)60-41(40)29-58-47(35-16-11-8-12-17-35,36-18-22-38(56-5)23-19-36)37-20-24-39(57-6)25-21-37/h7-12,14-25,30-33,40-42H,13,27-29H2,1-6H3,(H,49,50,52,55)/t40?,41-,42-,62?/m1/s1/i28D2,29D2,30D,31D,40D,41D,42D. The molecule has 62 heavy (non-hydrogen) atoms. The lowest BCUT2D eigenvalue weighted by Gasteiger charge is -2.39. The van der Waals surface area contributed by atoms with Crippen LogP contribution < -0.4 is 14.8 Å². The van der Waals surface area contributed by atoms with Gasteiger partial charge in [-0.1, -0.05) is 72.8 Å². The maximum atomic E-state index is 13.4. The normalized spacial score (nSPS) is 23.8. The van der Waals surface area contributed by atoms with Crippen LogP contribution in [0.25, 0.3) is 11.2 Å². The van der Waals surface area contributed by atoms with E-state index >= 15 is 0 Å². The molecule has 6 aromatic rings. The average Bonchev–Trinajstić information content (AvgIpc) is 3.74. The first-order valence-corrected chi connectivity index (χ1v) is 20.8. The van der Waals surface area contributed by atoms with Gasteiger partial charge in [-0.05, 0) is 80.8 Å². The molecule has 0 bridgehead atoms. The third kappa shape index (κ3) is 9.64. The smallest absolute Gasteiger partial charge is 0.259 e. The number of anilines is 1. The van der Waals surface area contributed by atoms with E-state index in [1.807, 2.05) is 6.07 Å².